The topological polar surface area (TPSA) is 66.2 Å². The Hall–Kier alpha value is -2.09. The fraction of sp³-hybridized carbons (Fsp3) is 0.429. The molecule has 19 heavy (non-hydrogen) atoms. The number of rotatable bonds is 3. The molecule has 0 unspecified atom stereocenters. The number of carbonyl (C=O) groups is 1. The summed E-state index contributed by atoms with van der Waals surface area (Å²) in [6.45, 7) is 5.47. The molecule has 1 radical (unpaired) electrons. The number of nitriles is 1. The summed E-state index contributed by atoms with van der Waals surface area (Å²) in [5.74, 6) is 0.227. The minimum atomic E-state index is -0.427. The predicted octanol–water partition coefficient (Wildman–Crippen LogP) is 1.85. The summed E-state index contributed by atoms with van der Waals surface area (Å²) in [4.78, 5) is 18.2. The lowest BCUT2D eigenvalue weighted by molar-refractivity contribution is 0.0525. The lowest BCUT2D eigenvalue weighted by atomic mass is 10.1. The van der Waals surface area contributed by atoms with Crippen LogP contribution in [0.2, 0.25) is 0 Å². The second kappa shape index (κ2) is 5.70. The van der Waals surface area contributed by atoms with Gasteiger partial charge in [0.15, 0.2) is 0 Å². The average molecular weight is 258 g/mol. The van der Waals surface area contributed by atoms with Crippen molar-refractivity contribution in [3.8, 4) is 6.07 Å². The van der Waals surface area contributed by atoms with Crippen LogP contribution in [0.1, 0.15) is 35.0 Å². The Morgan fingerprint density at radius 1 is 1.63 bits per heavy atom. The standard InChI is InChI=1S/C14H16N3O2/c1-3-19-14(18)12-8-11(9-15)13(16-10(12)2)17-6-4-5-7-17/h4,8H,3,5-7H2,1-2H3. The number of ether oxygens (including phenoxy) is 1. The Morgan fingerprint density at radius 3 is 3.00 bits per heavy atom. The fourth-order valence-corrected chi connectivity index (χ4v) is 2.11. The van der Waals surface area contributed by atoms with Gasteiger partial charge in [0.05, 0.1) is 23.4 Å². The van der Waals surface area contributed by atoms with Gasteiger partial charge in [-0.25, -0.2) is 9.78 Å². The summed E-state index contributed by atoms with van der Waals surface area (Å²) >= 11 is 0. The summed E-state index contributed by atoms with van der Waals surface area (Å²) in [6.07, 6.45) is 3.14. The summed E-state index contributed by atoms with van der Waals surface area (Å²) in [7, 11) is 0. The molecule has 1 fully saturated rings. The number of carbonyl (C=O) groups excluding carboxylic acids is 1. The molecule has 2 heterocycles. The normalized spacial score (nSPS) is 14.3. The molecule has 0 amide bonds. The highest BCUT2D eigenvalue weighted by molar-refractivity contribution is 5.91. The van der Waals surface area contributed by atoms with Crippen LogP contribution in [0, 0.1) is 24.7 Å². The van der Waals surface area contributed by atoms with E-state index in [1.54, 1.807) is 19.9 Å². The van der Waals surface area contributed by atoms with Gasteiger partial charge in [0.25, 0.3) is 0 Å². The van der Waals surface area contributed by atoms with Crippen LogP contribution in [0.4, 0.5) is 5.82 Å². The van der Waals surface area contributed by atoms with Gasteiger partial charge in [0, 0.05) is 13.1 Å². The van der Waals surface area contributed by atoms with Crippen LogP contribution in [0.3, 0.4) is 0 Å². The number of aromatic nitrogens is 1. The van der Waals surface area contributed by atoms with E-state index in [2.05, 4.69) is 17.5 Å². The monoisotopic (exact) mass is 258 g/mol. The first kappa shape index (κ1) is 13.3. The molecule has 0 atom stereocenters. The number of esters is 1. The molecule has 1 aromatic heterocycles. The molecule has 1 aliphatic heterocycles. The van der Waals surface area contributed by atoms with Gasteiger partial charge in [-0.05, 0) is 32.8 Å². The van der Waals surface area contributed by atoms with Crippen molar-refractivity contribution in [2.45, 2.75) is 20.3 Å². The zero-order valence-corrected chi connectivity index (χ0v) is 11.1. The third-order valence-corrected chi connectivity index (χ3v) is 3.06. The smallest absolute Gasteiger partial charge is 0.340 e. The maximum atomic E-state index is 11.8. The van der Waals surface area contributed by atoms with Crippen LogP contribution in [0.25, 0.3) is 0 Å². The highest BCUT2D eigenvalue weighted by Gasteiger charge is 2.21. The number of hydrogen-bond donors (Lipinski definition) is 0. The first-order valence-electron chi connectivity index (χ1n) is 6.32. The van der Waals surface area contributed by atoms with Crippen molar-refractivity contribution in [1.82, 2.24) is 4.98 Å². The van der Waals surface area contributed by atoms with Crippen LogP contribution in [-0.4, -0.2) is 30.6 Å². The summed E-state index contributed by atoms with van der Waals surface area (Å²) in [5.41, 5.74) is 1.38. The van der Waals surface area contributed by atoms with Crippen molar-refractivity contribution < 1.29 is 9.53 Å². The Morgan fingerprint density at radius 2 is 2.42 bits per heavy atom. The van der Waals surface area contributed by atoms with Gasteiger partial charge in [-0.1, -0.05) is 0 Å². The van der Waals surface area contributed by atoms with Crippen molar-refractivity contribution in [2.75, 3.05) is 24.6 Å². The summed E-state index contributed by atoms with van der Waals surface area (Å²) in [5, 5.41) is 9.23. The molecular weight excluding hydrogens is 242 g/mol. The van der Waals surface area contributed by atoms with Gasteiger partial charge in [0.2, 0.25) is 0 Å². The van der Waals surface area contributed by atoms with Gasteiger partial charge < -0.3 is 9.64 Å². The van der Waals surface area contributed by atoms with E-state index in [-0.39, 0.29) is 0 Å². The molecule has 1 saturated heterocycles. The molecule has 2 rings (SSSR count). The molecule has 99 valence electrons. The van der Waals surface area contributed by atoms with Crippen LogP contribution < -0.4 is 4.90 Å². The van der Waals surface area contributed by atoms with Crippen LogP contribution >= 0.6 is 0 Å². The van der Waals surface area contributed by atoms with E-state index in [0.29, 0.717) is 29.2 Å². The maximum absolute atomic E-state index is 11.8. The molecule has 1 aliphatic rings. The van der Waals surface area contributed by atoms with Gasteiger partial charge in [-0.2, -0.15) is 5.26 Å². The molecular formula is C14H16N3O2. The van der Waals surface area contributed by atoms with E-state index < -0.39 is 5.97 Å². The molecule has 0 aliphatic carbocycles. The number of nitrogens with zero attached hydrogens (tertiary/aromatic N) is 3. The number of hydrogen-bond acceptors (Lipinski definition) is 5. The largest absolute Gasteiger partial charge is 0.462 e. The molecule has 0 N–H and O–H groups in total. The predicted molar refractivity (Wildman–Crippen MR) is 70.8 cm³/mol. The van der Waals surface area contributed by atoms with Crippen molar-refractivity contribution in [2.24, 2.45) is 0 Å². The molecule has 0 bridgehead atoms. The van der Waals surface area contributed by atoms with Crippen molar-refractivity contribution in [3.63, 3.8) is 0 Å². The fourth-order valence-electron chi connectivity index (χ4n) is 2.11. The SMILES string of the molecule is CCOC(=O)c1cc(C#N)c(N2C[CH]CC2)nc1C. The second-order valence-corrected chi connectivity index (χ2v) is 4.35. The lowest BCUT2D eigenvalue weighted by Gasteiger charge is -2.19. The number of aryl methyl sites for hydroxylation is 1. The zero-order valence-electron chi connectivity index (χ0n) is 11.1. The van der Waals surface area contributed by atoms with E-state index in [1.807, 2.05) is 4.90 Å². The quantitative estimate of drug-likeness (QED) is 0.774. The Kier molecular flexibility index (Phi) is 4.00. The third-order valence-electron chi connectivity index (χ3n) is 3.06. The second-order valence-electron chi connectivity index (χ2n) is 4.35. The van der Waals surface area contributed by atoms with Crippen LogP contribution in [0.15, 0.2) is 6.07 Å². The van der Waals surface area contributed by atoms with Gasteiger partial charge >= 0.3 is 5.97 Å². The van der Waals surface area contributed by atoms with Crippen molar-refractivity contribution in [3.05, 3.63) is 29.3 Å². The van der Waals surface area contributed by atoms with Crippen LogP contribution in [0.5, 0.6) is 0 Å². The average Bonchev–Trinajstić information content (AvgIpc) is 2.92. The van der Waals surface area contributed by atoms with E-state index in [4.69, 9.17) is 4.74 Å². The van der Waals surface area contributed by atoms with Crippen LogP contribution in [-0.2, 0) is 4.74 Å². The van der Waals surface area contributed by atoms with E-state index in [1.165, 1.54) is 0 Å². The first-order chi connectivity index (χ1) is 9.17. The Bertz CT molecular complexity index is 528. The Labute approximate surface area is 112 Å². The third kappa shape index (κ3) is 2.68. The molecule has 0 aromatic carbocycles. The van der Waals surface area contributed by atoms with Crippen molar-refractivity contribution in [1.29, 1.82) is 5.26 Å². The highest BCUT2D eigenvalue weighted by atomic mass is 16.5. The number of pyridine rings is 1. The minimum absolute atomic E-state index is 0.309. The van der Waals surface area contributed by atoms with Gasteiger partial charge in [-0.3, -0.25) is 0 Å². The van der Waals surface area contributed by atoms with E-state index >= 15 is 0 Å². The van der Waals surface area contributed by atoms with E-state index in [9.17, 15) is 10.1 Å². The molecule has 0 spiro atoms. The van der Waals surface area contributed by atoms with E-state index in [0.717, 1.165) is 19.5 Å². The maximum Gasteiger partial charge on any atom is 0.340 e. The minimum Gasteiger partial charge on any atom is -0.462 e. The van der Waals surface area contributed by atoms with Gasteiger partial charge in [-0.15, -0.1) is 0 Å². The molecule has 5 heteroatoms. The van der Waals surface area contributed by atoms with Gasteiger partial charge in [0.1, 0.15) is 11.9 Å². The summed E-state index contributed by atoms with van der Waals surface area (Å²) in [6, 6.07) is 3.69. The van der Waals surface area contributed by atoms with Crippen molar-refractivity contribution >= 4 is 11.8 Å². The molecule has 0 saturated carbocycles. The first-order valence-corrected chi connectivity index (χ1v) is 6.32. The highest BCUT2D eigenvalue weighted by Crippen LogP contribution is 2.24. The molecule has 1 aromatic rings. The summed E-state index contributed by atoms with van der Waals surface area (Å²) < 4.78 is 4.97. The molecule has 5 nitrogen and oxygen atoms in total. The Balaban J connectivity index is 2.40. The number of anilines is 1. The lowest BCUT2D eigenvalue weighted by Crippen LogP contribution is -2.21. The zero-order chi connectivity index (χ0) is 13.8.